The van der Waals surface area contributed by atoms with Crippen LogP contribution in [-0.4, -0.2) is 26.5 Å². The molecule has 0 aliphatic rings. The lowest BCUT2D eigenvalue weighted by Gasteiger charge is -2.19. The number of benzene rings is 2. The smallest absolute Gasteiger partial charge is 0.320 e. The van der Waals surface area contributed by atoms with Gasteiger partial charge in [0.2, 0.25) is 5.91 Å². The Morgan fingerprint density at radius 1 is 1.03 bits per heavy atom. The molecule has 1 amide bonds. The van der Waals surface area contributed by atoms with Crippen molar-refractivity contribution < 1.29 is 13.6 Å². The van der Waals surface area contributed by atoms with Crippen LogP contribution in [0.25, 0.3) is 21.3 Å². The summed E-state index contributed by atoms with van der Waals surface area (Å²) in [5.41, 5.74) is 1.65. The number of nitrogens with zero attached hydrogens (tertiary/aromatic N) is 3. The molecule has 6 nitrogen and oxygen atoms in total. The van der Waals surface area contributed by atoms with Crippen LogP contribution in [0.5, 0.6) is 0 Å². The summed E-state index contributed by atoms with van der Waals surface area (Å²) in [7, 11) is 0. The maximum absolute atomic E-state index is 13.6. The van der Waals surface area contributed by atoms with Crippen molar-refractivity contribution in [2.24, 2.45) is 0 Å². The average Bonchev–Trinajstić information content (AvgIpc) is 3.28. The maximum Gasteiger partial charge on any atom is 0.320 e. The van der Waals surface area contributed by atoms with Crippen LogP contribution in [0.3, 0.4) is 0 Å². The molecule has 150 valence electrons. The van der Waals surface area contributed by atoms with Gasteiger partial charge in [-0.3, -0.25) is 9.36 Å². The van der Waals surface area contributed by atoms with Gasteiger partial charge in [0, 0.05) is 0 Å². The van der Waals surface area contributed by atoms with Gasteiger partial charge in [-0.05, 0) is 38.1 Å². The fraction of sp³-hybridized carbons (Fsp3) is 0.250. The molecule has 29 heavy (non-hydrogen) atoms. The minimum Gasteiger partial charge on any atom is -0.350 e. The molecule has 2 heterocycles. The highest BCUT2D eigenvalue weighted by atomic mass is 32.1. The van der Waals surface area contributed by atoms with Crippen molar-refractivity contribution in [1.82, 2.24) is 19.9 Å². The number of hydrogen-bond acceptors (Lipinski definition) is 5. The zero-order chi connectivity index (χ0) is 20.5. The van der Waals surface area contributed by atoms with Crippen molar-refractivity contribution in [2.45, 2.75) is 32.5 Å². The van der Waals surface area contributed by atoms with Gasteiger partial charge in [0.1, 0.15) is 11.9 Å². The number of aromatic nitrogens is 3. The van der Waals surface area contributed by atoms with E-state index in [2.05, 4.69) is 20.6 Å². The number of alkyl halides is 2. The number of carbonyl (C=O) groups is 1. The molecule has 0 aliphatic heterocycles. The quantitative estimate of drug-likeness (QED) is 0.478. The SMILES string of the molecule is C[C@@H](Nc1nc2ccccc2s1)C(=O)N[C@H](C)c1nc2ccccc2n1C(F)F. The highest BCUT2D eigenvalue weighted by Gasteiger charge is 2.24. The number of para-hydroxylation sites is 3. The first-order valence-electron chi connectivity index (χ1n) is 9.11. The van der Waals surface area contributed by atoms with E-state index in [1.54, 1.807) is 38.1 Å². The van der Waals surface area contributed by atoms with Gasteiger partial charge in [-0.15, -0.1) is 0 Å². The zero-order valence-corrected chi connectivity index (χ0v) is 16.6. The number of nitrogens with one attached hydrogen (secondary N) is 2. The Kier molecular flexibility index (Phi) is 5.14. The molecule has 4 aromatic rings. The first-order valence-corrected chi connectivity index (χ1v) is 9.93. The summed E-state index contributed by atoms with van der Waals surface area (Å²) in [5, 5.41) is 6.46. The number of amides is 1. The van der Waals surface area contributed by atoms with Crippen molar-refractivity contribution in [3.63, 3.8) is 0 Å². The van der Waals surface area contributed by atoms with Gasteiger partial charge in [0.05, 0.1) is 27.3 Å². The second-order valence-corrected chi connectivity index (χ2v) is 7.72. The Hall–Kier alpha value is -3.07. The summed E-state index contributed by atoms with van der Waals surface area (Å²) >= 11 is 1.45. The van der Waals surface area contributed by atoms with Crippen molar-refractivity contribution in [2.75, 3.05) is 5.32 Å². The lowest BCUT2D eigenvalue weighted by atomic mass is 10.2. The van der Waals surface area contributed by atoms with Crippen molar-refractivity contribution in [1.29, 1.82) is 0 Å². The van der Waals surface area contributed by atoms with Gasteiger partial charge in [0.25, 0.3) is 0 Å². The van der Waals surface area contributed by atoms with E-state index in [1.165, 1.54) is 11.3 Å². The third-order valence-electron chi connectivity index (χ3n) is 4.59. The fourth-order valence-corrected chi connectivity index (χ4v) is 4.11. The summed E-state index contributed by atoms with van der Waals surface area (Å²) in [6.45, 7) is 0.585. The maximum atomic E-state index is 13.6. The molecule has 4 rings (SSSR count). The molecule has 0 radical (unpaired) electrons. The van der Waals surface area contributed by atoms with E-state index in [9.17, 15) is 13.6 Å². The van der Waals surface area contributed by atoms with Gasteiger partial charge < -0.3 is 10.6 Å². The molecule has 9 heteroatoms. The summed E-state index contributed by atoms with van der Waals surface area (Å²) in [6, 6.07) is 13.1. The molecule has 0 spiro atoms. The number of carbonyl (C=O) groups excluding carboxylic acids is 1. The van der Waals surface area contributed by atoms with E-state index in [1.807, 2.05) is 24.3 Å². The van der Waals surface area contributed by atoms with Crippen LogP contribution < -0.4 is 10.6 Å². The molecule has 0 saturated heterocycles. The minimum atomic E-state index is -2.75. The van der Waals surface area contributed by atoms with Crippen LogP contribution in [0.2, 0.25) is 0 Å². The first-order chi connectivity index (χ1) is 13.9. The number of thiazole rings is 1. The van der Waals surface area contributed by atoms with E-state index in [-0.39, 0.29) is 11.7 Å². The largest absolute Gasteiger partial charge is 0.350 e. The van der Waals surface area contributed by atoms with Crippen LogP contribution in [0.15, 0.2) is 48.5 Å². The molecule has 0 bridgehead atoms. The molecule has 2 aromatic heterocycles. The number of fused-ring (bicyclic) bond motifs is 2. The Labute approximate surface area is 169 Å². The van der Waals surface area contributed by atoms with Crippen LogP contribution in [0, 0.1) is 0 Å². The summed E-state index contributed by atoms with van der Waals surface area (Å²) < 4.78 is 29.1. The summed E-state index contributed by atoms with van der Waals surface area (Å²) in [4.78, 5) is 21.4. The molecule has 0 unspecified atom stereocenters. The first kappa shape index (κ1) is 19.3. The Morgan fingerprint density at radius 2 is 1.72 bits per heavy atom. The standard InChI is InChI=1S/C20H19F2N5OS/c1-11(17-25-13-7-3-5-9-15(13)27(17)19(21)22)23-18(28)12(2)24-20-26-14-8-4-6-10-16(14)29-20/h3-12,19H,1-2H3,(H,23,28)(H,24,26)/t11-,12-/m1/s1. The number of anilines is 1. The Balaban J connectivity index is 1.50. The Morgan fingerprint density at radius 3 is 2.45 bits per heavy atom. The number of imidazole rings is 1. The topological polar surface area (TPSA) is 71.8 Å². The average molecular weight is 415 g/mol. The molecule has 2 aromatic carbocycles. The molecule has 2 N–H and O–H groups in total. The lowest BCUT2D eigenvalue weighted by molar-refractivity contribution is -0.122. The van der Waals surface area contributed by atoms with Crippen LogP contribution in [0.1, 0.15) is 32.3 Å². The van der Waals surface area contributed by atoms with Gasteiger partial charge >= 0.3 is 6.55 Å². The van der Waals surface area contributed by atoms with Crippen LogP contribution in [0.4, 0.5) is 13.9 Å². The van der Waals surface area contributed by atoms with Crippen molar-refractivity contribution >= 4 is 43.6 Å². The Bertz CT molecular complexity index is 1140. The summed E-state index contributed by atoms with van der Waals surface area (Å²) in [6.07, 6.45) is 0. The molecule has 2 atom stereocenters. The molecular weight excluding hydrogens is 396 g/mol. The van der Waals surface area contributed by atoms with Crippen molar-refractivity contribution in [3.05, 3.63) is 54.4 Å². The van der Waals surface area contributed by atoms with Gasteiger partial charge in [-0.2, -0.15) is 8.78 Å². The lowest BCUT2D eigenvalue weighted by Crippen LogP contribution is -2.39. The van der Waals surface area contributed by atoms with E-state index in [4.69, 9.17) is 0 Å². The van der Waals surface area contributed by atoms with Crippen LogP contribution in [-0.2, 0) is 4.79 Å². The predicted molar refractivity (Wildman–Crippen MR) is 110 cm³/mol. The molecule has 0 fully saturated rings. The number of halogens is 2. The highest BCUT2D eigenvalue weighted by molar-refractivity contribution is 7.22. The van der Waals surface area contributed by atoms with Gasteiger partial charge in [-0.1, -0.05) is 35.6 Å². The fourth-order valence-electron chi connectivity index (χ4n) is 3.16. The van der Waals surface area contributed by atoms with E-state index in [0.717, 1.165) is 14.8 Å². The second kappa shape index (κ2) is 7.75. The molecular formula is C20H19F2N5OS. The second-order valence-electron chi connectivity index (χ2n) is 6.69. The molecule has 0 saturated carbocycles. The predicted octanol–water partition coefficient (Wildman–Crippen LogP) is 4.72. The zero-order valence-electron chi connectivity index (χ0n) is 15.8. The van der Waals surface area contributed by atoms with E-state index < -0.39 is 18.6 Å². The van der Waals surface area contributed by atoms with Crippen molar-refractivity contribution in [3.8, 4) is 0 Å². The number of rotatable bonds is 6. The van der Waals surface area contributed by atoms with Gasteiger partial charge in [-0.25, -0.2) is 9.97 Å². The third-order valence-corrected chi connectivity index (χ3v) is 5.56. The highest BCUT2D eigenvalue weighted by Crippen LogP contribution is 2.27. The minimum absolute atomic E-state index is 0.113. The normalized spacial score (nSPS) is 13.7. The third kappa shape index (κ3) is 3.77. The number of hydrogen-bond donors (Lipinski definition) is 2. The van der Waals surface area contributed by atoms with Gasteiger partial charge in [0.15, 0.2) is 5.13 Å². The van der Waals surface area contributed by atoms with Crippen LogP contribution >= 0.6 is 11.3 Å². The van der Waals surface area contributed by atoms with E-state index >= 15 is 0 Å². The monoisotopic (exact) mass is 415 g/mol. The summed E-state index contributed by atoms with van der Waals surface area (Å²) in [5.74, 6) is -0.216. The van der Waals surface area contributed by atoms with E-state index in [0.29, 0.717) is 16.2 Å². The molecule has 0 aliphatic carbocycles.